The molecule has 3 atom stereocenters. The van der Waals surface area contributed by atoms with Gasteiger partial charge in [-0.15, -0.1) is 0 Å². The van der Waals surface area contributed by atoms with Crippen molar-refractivity contribution in [2.45, 2.75) is 70.4 Å². The summed E-state index contributed by atoms with van der Waals surface area (Å²) >= 11 is 0. The lowest BCUT2D eigenvalue weighted by atomic mass is 10.0. The number of benzene rings is 1. The van der Waals surface area contributed by atoms with E-state index in [1.165, 1.54) is 31.2 Å². The van der Waals surface area contributed by atoms with Crippen molar-refractivity contribution in [3.05, 3.63) is 35.9 Å². The Kier molecular flexibility index (Phi) is 3.90. The van der Waals surface area contributed by atoms with Gasteiger partial charge in [0.1, 0.15) is 0 Å². The largest absolute Gasteiger partial charge is 0.368 e. The summed E-state index contributed by atoms with van der Waals surface area (Å²) in [6.45, 7) is 5.67. The predicted molar refractivity (Wildman–Crippen MR) is 78.0 cm³/mol. The fraction of sp³-hybridized carbons (Fsp3) is 0.647. The van der Waals surface area contributed by atoms with Crippen LogP contribution in [0.5, 0.6) is 0 Å². The SMILES string of the molecule is CC(C)N(Cc1ccccc1)[C@@H]1CCCC[C@@H]2O[C@@H]21. The summed E-state index contributed by atoms with van der Waals surface area (Å²) in [4.78, 5) is 2.64. The van der Waals surface area contributed by atoms with E-state index in [0.717, 1.165) is 6.54 Å². The average molecular weight is 259 g/mol. The third-order valence-electron chi connectivity index (χ3n) is 4.54. The second kappa shape index (κ2) is 5.64. The molecule has 1 aromatic rings. The highest BCUT2D eigenvalue weighted by Crippen LogP contribution is 2.38. The summed E-state index contributed by atoms with van der Waals surface area (Å²) in [6, 6.07) is 12.0. The van der Waals surface area contributed by atoms with Crippen molar-refractivity contribution in [1.82, 2.24) is 4.90 Å². The van der Waals surface area contributed by atoms with E-state index in [-0.39, 0.29) is 0 Å². The van der Waals surface area contributed by atoms with E-state index < -0.39 is 0 Å². The van der Waals surface area contributed by atoms with E-state index in [4.69, 9.17) is 4.74 Å². The topological polar surface area (TPSA) is 15.8 Å². The number of epoxide rings is 1. The van der Waals surface area contributed by atoms with E-state index in [9.17, 15) is 0 Å². The number of hydrogen-bond donors (Lipinski definition) is 0. The Labute approximate surface area is 116 Å². The van der Waals surface area contributed by atoms with Crippen LogP contribution in [-0.2, 0) is 11.3 Å². The molecule has 0 radical (unpaired) electrons. The van der Waals surface area contributed by atoms with E-state index in [0.29, 0.717) is 24.3 Å². The smallest absolute Gasteiger partial charge is 0.0996 e. The van der Waals surface area contributed by atoms with E-state index in [1.54, 1.807) is 0 Å². The molecule has 1 saturated heterocycles. The summed E-state index contributed by atoms with van der Waals surface area (Å²) < 4.78 is 5.90. The fourth-order valence-corrected chi connectivity index (χ4v) is 3.42. The van der Waals surface area contributed by atoms with Crippen molar-refractivity contribution in [2.75, 3.05) is 0 Å². The van der Waals surface area contributed by atoms with Gasteiger partial charge in [-0.25, -0.2) is 0 Å². The third kappa shape index (κ3) is 3.01. The van der Waals surface area contributed by atoms with Crippen LogP contribution in [0.25, 0.3) is 0 Å². The van der Waals surface area contributed by atoms with Gasteiger partial charge in [0.2, 0.25) is 0 Å². The van der Waals surface area contributed by atoms with Crippen LogP contribution in [0, 0.1) is 0 Å². The molecule has 2 aliphatic rings. The van der Waals surface area contributed by atoms with Crippen LogP contribution in [0.2, 0.25) is 0 Å². The van der Waals surface area contributed by atoms with Gasteiger partial charge in [-0.1, -0.05) is 43.2 Å². The number of hydrogen-bond acceptors (Lipinski definition) is 2. The Balaban J connectivity index is 1.73. The van der Waals surface area contributed by atoms with Crippen LogP contribution in [0.1, 0.15) is 45.1 Å². The molecule has 3 rings (SSSR count). The summed E-state index contributed by atoms with van der Waals surface area (Å²) in [5.41, 5.74) is 1.41. The third-order valence-corrected chi connectivity index (χ3v) is 4.54. The molecule has 0 aromatic heterocycles. The van der Waals surface area contributed by atoms with Crippen molar-refractivity contribution in [1.29, 1.82) is 0 Å². The molecule has 1 aliphatic carbocycles. The maximum Gasteiger partial charge on any atom is 0.0996 e. The fourth-order valence-electron chi connectivity index (χ4n) is 3.42. The summed E-state index contributed by atoms with van der Waals surface area (Å²) in [7, 11) is 0. The zero-order chi connectivity index (χ0) is 13.2. The monoisotopic (exact) mass is 259 g/mol. The highest BCUT2D eigenvalue weighted by atomic mass is 16.6. The maximum atomic E-state index is 5.90. The van der Waals surface area contributed by atoms with Crippen molar-refractivity contribution in [2.24, 2.45) is 0 Å². The number of nitrogens with zero attached hydrogens (tertiary/aromatic N) is 1. The van der Waals surface area contributed by atoms with Crippen LogP contribution >= 0.6 is 0 Å². The lowest BCUT2D eigenvalue weighted by Gasteiger charge is -2.34. The van der Waals surface area contributed by atoms with Crippen molar-refractivity contribution < 1.29 is 4.74 Å². The van der Waals surface area contributed by atoms with Gasteiger partial charge in [-0.2, -0.15) is 0 Å². The van der Waals surface area contributed by atoms with Crippen LogP contribution in [-0.4, -0.2) is 29.2 Å². The first kappa shape index (κ1) is 13.1. The lowest BCUT2D eigenvalue weighted by Crippen LogP contribution is -2.43. The molecule has 1 heterocycles. The van der Waals surface area contributed by atoms with Crippen LogP contribution in [0.3, 0.4) is 0 Å². The van der Waals surface area contributed by atoms with Crippen molar-refractivity contribution in [3.63, 3.8) is 0 Å². The first-order valence-corrected chi connectivity index (χ1v) is 7.71. The predicted octanol–water partition coefficient (Wildman–Crippen LogP) is 3.61. The minimum Gasteiger partial charge on any atom is -0.368 e. The molecule has 1 aliphatic heterocycles. The highest BCUT2D eigenvalue weighted by molar-refractivity contribution is 5.15. The molecular weight excluding hydrogens is 234 g/mol. The minimum atomic E-state index is 0.508. The zero-order valence-corrected chi connectivity index (χ0v) is 12.1. The average Bonchev–Trinajstić information content (AvgIpc) is 3.17. The molecule has 19 heavy (non-hydrogen) atoms. The molecule has 2 fully saturated rings. The standard InChI is InChI=1S/C17H25NO/c1-13(2)18(12-14-8-4-3-5-9-14)15-10-6-7-11-16-17(15)19-16/h3-5,8-9,13,15-17H,6-7,10-12H2,1-2H3/t15-,16+,17-/m1/s1. The van der Waals surface area contributed by atoms with Crippen molar-refractivity contribution >= 4 is 0 Å². The van der Waals surface area contributed by atoms with Gasteiger partial charge in [-0.05, 0) is 32.3 Å². The highest BCUT2D eigenvalue weighted by Gasteiger charge is 2.48. The number of ether oxygens (including phenoxy) is 1. The molecule has 0 bridgehead atoms. The van der Waals surface area contributed by atoms with E-state index in [2.05, 4.69) is 49.1 Å². The second-order valence-electron chi connectivity index (χ2n) is 6.24. The summed E-state index contributed by atoms with van der Waals surface area (Å²) in [6.07, 6.45) is 6.34. The Morgan fingerprint density at radius 2 is 1.89 bits per heavy atom. The van der Waals surface area contributed by atoms with E-state index in [1.807, 2.05) is 0 Å². The Bertz CT molecular complexity index is 403. The van der Waals surface area contributed by atoms with E-state index >= 15 is 0 Å². The molecule has 2 heteroatoms. The zero-order valence-electron chi connectivity index (χ0n) is 12.1. The van der Waals surface area contributed by atoms with Crippen LogP contribution in [0.4, 0.5) is 0 Å². The van der Waals surface area contributed by atoms with Gasteiger partial charge >= 0.3 is 0 Å². The second-order valence-corrected chi connectivity index (χ2v) is 6.24. The molecule has 2 nitrogen and oxygen atoms in total. The van der Waals surface area contributed by atoms with Gasteiger partial charge in [0.25, 0.3) is 0 Å². The van der Waals surface area contributed by atoms with Gasteiger partial charge < -0.3 is 4.74 Å². The van der Waals surface area contributed by atoms with Crippen LogP contribution < -0.4 is 0 Å². The normalized spacial score (nSPS) is 30.2. The molecule has 0 spiro atoms. The lowest BCUT2D eigenvalue weighted by molar-refractivity contribution is 0.107. The molecule has 0 amide bonds. The molecular formula is C17H25NO. The minimum absolute atomic E-state index is 0.508. The summed E-state index contributed by atoms with van der Waals surface area (Å²) in [5.74, 6) is 0. The van der Waals surface area contributed by atoms with Crippen molar-refractivity contribution in [3.8, 4) is 0 Å². The molecule has 0 unspecified atom stereocenters. The summed E-state index contributed by atoms with van der Waals surface area (Å²) in [5, 5.41) is 0. The van der Waals surface area contributed by atoms with Gasteiger partial charge in [0.15, 0.2) is 0 Å². The first-order chi connectivity index (χ1) is 9.25. The van der Waals surface area contributed by atoms with Crippen LogP contribution in [0.15, 0.2) is 30.3 Å². The quantitative estimate of drug-likeness (QED) is 0.768. The van der Waals surface area contributed by atoms with Gasteiger partial charge in [0, 0.05) is 18.6 Å². The Morgan fingerprint density at radius 1 is 1.16 bits per heavy atom. The first-order valence-electron chi connectivity index (χ1n) is 7.71. The molecule has 1 saturated carbocycles. The Hall–Kier alpha value is -0.860. The Morgan fingerprint density at radius 3 is 2.63 bits per heavy atom. The molecule has 104 valence electrons. The maximum absolute atomic E-state index is 5.90. The molecule has 1 aromatic carbocycles. The number of rotatable bonds is 4. The molecule has 0 N–H and O–H groups in total. The van der Waals surface area contributed by atoms with Gasteiger partial charge in [0.05, 0.1) is 12.2 Å². The number of fused-ring (bicyclic) bond motifs is 1. The van der Waals surface area contributed by atoms with Gasteiger partial charge in [-0.3, -0.25) is 4.90 Å².